The predicted molar refractivity (Wildman–Crippen MR) is 87.0 cm³/mol. The molecule has 0 radical (unpaired) electrons. The van der Waals surface area contributed by atoms with Gasteiger partial charge in [0.2, 0.25) is 5.90 Å². The van der Waals surface area contributed by atoms with E-state index in [0.717, 1.165) is 5.57 Å². The van der Waals surface area contributed by atoms with Crippen LogP contribution >= 0.6 is 0 Å². The van der Waals surface area contributed by atoms with Crippen molar-refractivity contribution >= 4 is 17.6 Å². The Labute approximate surface area is 133 Å². The lowest BCUT2D eigenvalue weighted by Crippen LogP contribution is -2.05. The van der Waals surface area contributed by atoms with Crippen molar-refractivity contribution in [2.75, 3.05) is 0 Å². The molecule has 0 saturated carbocycles. The van der Waals surface area contributed by atoms with Gasteiger partial charge >= 0.3 is 5.97 Å². The fourth-order valence-corrected chi connectivity index (χ4v) is 1.88. The van der Waals surface area contributed by atoms with Crippen LogP contribution in [0.1, 0.15) is 25.8 Å². The number of carbonyl (C=O) groups excluding carboxylic acids is 1. The van der Waals surface area contributed by atoms with E-state index in [9.17, 15) is 14.9 Å². The van der Waals surface area contributed by atoms with Gasteiger partial charge in [-0.1, -0.05) is 23.8 Å². The molecule has 2 rings (SSSR count). The first-order valence-corrected chi connectivity index (χ1v) is 7.05. The van der Waals surface area contributed by atoms with Crippen LogP contribution < -0.4 is 0 Å². The summed E-state index contributed by atoms with van der Waals surface area (Å²) >= 11 is 0. The number of cyclic esters (lactones) is 1. The molecular weight excluding hydrogens is 296 g/mol. The van der Waals surface area contributed by atoms with E-state index in [0.29, 0.717) is 12.0 Å². The van der Waals surface area contributed by atoms with Gasteiger partial charge < -0.3 is 4.74 Å². The number of nitro benzene ring substituents is 1. The molecule has 1 heterocycles. The van der Waals surface area contributed by atoms with Gasteiger partial charge in [0.15, 0.2) is 0 Å². The summed E-state index contributed by atoms with van der Waals surface area (Å²) in [5.41, 5.74) is 1.82. The summed E-state index contributed by atoms with van der Waals surface area (Å²) in [5.74, 6) is -0.358. The quantitative estimate of drug-likeness (QED) is 0.273. The minimum atomic E-state index is -0.516. The van der Waals surface area contributed by atoms with E-state index in [1.165, 1.54) is 24.3 Å². The van der Waals surface area contributed by atoms with Crippen molar-refractivity contribution in [2.24, 2.45) is 4.99 Å². The first-order valence-electron chi connectivity index (χ1n) is 7.05. The summed E-state index contributed by atoms with van der Waals surface area (Å²) in [4.78, 5) is 26.1. The predicted octanol–water partition coefficient (Wildman–Crippen LogP) is 3.69. The Kier molecular flexibility index (Phi) is 5.19. The van der Waals surface area contributed by atoms with Gasteiger partial charge in [0.25, 0.3) is 5.69 Å². The van der Waals surface area contributed by atoms with Crippen LogP contribution in [0, 0.1) is 10.1 Å². The van der Waals surface area contributed by atoms with Gasteiger partial charge in [-0.2, -0.15) is 0 Å². The molecule has 1 aliphatic rings. The largest absolute Gasteiger partial charge is 0.402 e. The fraction of sp³-hybridized carbons (Fsp3) is 0.176. The number of aliphatic imine (C=N–C) groups is 1. The minimum absolute atomic E-state index is 0.0285. The number of hydrogen-bond acceptors (Lipinski definition) is 5. The number of carbonyl (C=O) groups is 1. The number of ether oxygens (including phenoxy) is 1. The second-order valence-corrected chi connectivity index (χ2v) is 4.94. The zero-order chi connectivity index (χ0) is 16.8. The van der Waals surface area contributed by atoms with Gasteiger partial charge in [-0.3, -0.25) is 10.1 Å². The molecule has 1 aliphatic heterocycles. The van der Waals surface area contributed by atoms with E-state index in [1.54, 1.807) is 6.08 Å². The fourth-order valence-electron chi connectivity index (χ4n) is 1.88. The average molecular weight is 312 g/mol. The number of nitro groups is 1. The zero-order valence-corrected chi connectivity index (χ0v) is 12.9. The number of rotatable bonds is 5. The standard InChI is InChI=1S/C17H16N2O4/c1-3-4-5-12(2)6-11-15-17(20)23-16(18-15)13-7-9-14(10-8-13)19(21)22/h3-5,7-11H,6H2,1-2H3/b4-3-,12-5-,15-11-. The maximum Gasteiger partial charge on any atom is 0.363 e. The van der Waals surface area contributed by atoms with Crippen LogP contribution in [0.5, 0.6) is 0 Å². The van der Waals surface area contributed by atoms with Crippen molar-refractivity contribution in [3.63, 3.8) is 0 Å². The normalized spacial score (nSPS) is 16.8. The Hall–Kier alpha value is -3.02. The Morgan fingerprint density at radius 1 is 1.35 bits per heavy atom. The van der Waals surface area contributed by atoms with Crippen molar-refractivity contribution < 1.29 is 14.5 Å². The highest BCUT2D eigenvalue weighted by Crippen LogP contribution is 2.20. The topological polar surface area (TPSA) is 81.8 Å². The molecule has 0 amide bonds. The molecule has 1 aromatic carbocycles. The van der Waals surface area contributed by atoms with Crippen LogP contribution in [0.15, 0.2) is 64.8 Å². The second-order valence-electron chi connectivity index (χ2n) is 4.94. The lowest BCUT2D eigenvalue weighted by atomic mass is 10.2. The molecule has 6 heteroatoms. The Morgan fingerprint density at radius 2 is 2.04 bits per heavy atom. The summed E-state index contributed by atoms with van der Waals surface area (Å²) in [7, 11) is 0. The first kappa shape index (κ1) is 16.4. The van der Waals surface area contributed by atoms with Crippen molar-refractivity contribution in [3.05, 3.63) is 75.5 Å². The van der Waals surface area contributed by atoms with Crippen LogP contribution in [0.4, 0.5) is 5.69 Å². The van der Waals surface area contributed by atoms with Gasteiger partial charge in [0.05, 0.1) is 4.92 Å². The van der Waals surface area contributed by atoms with Gasteiger partial charge in [-0.05, 0) is 38.5 Å². The van der Waals surface area contributed by atoms with E-state index < -0.39 is 10.9 Å². The number of non-ortho nitro benzene ring substituents is 1. The third-order valence-electron chi connectivity index (χ3n) is 3.14. The monoisotopic (exact) mass is 312 g/mol. The van der Waals surface area contributed by atoms with E-state index in [-0.39, 0.29) is 17.3 Å². The Bertz CT molecular complexity index is 740. The summed E-state index contributed by atoms with van der Waals surface area (Å²) in [6, 6.07) is 5.70. The van der Waals surface area contributed by atoms with Crippen LogP contribution in [-0.2, 0) is 9.53 Å². The molecule has 1 aromatic rings. The lowest BCUT2D eigenvalue weighted by Gasteiger charge is -1.98. The highest BCUT2D eigenvalue weighted by molar-refractivity contribution is 6.11. The van der Waals surface area contributed by atoms with Crippen LogP contribution in [0.25, 0.3) is 0 Å². The van der Waals surface area contributed by atoms with Crippen molar-refractivity contribution in [3.8, 4) is 0 Å². The first-order chi connectivity index (χ1) is 11.0. The molecule has 0 spiro atoms. The highest BCUT2D eigenvalue weighted by atomic mass is 16.6. The summed E-state index contributed by atoms with van der Waals surface area (Å²) in [6.07, 6.45) is 8.10. The lowest BCUT2D eigenvalue weighted by molar-refractivity contribution is -0.384. The minimum Gasteiger partial charge on any atom is -0.402 e. The Morgan fingerprint density at radius 3 is 2.65 bits per heavy atom. The molecule has 0 aromatic heterocycles. The maximum absolute atomic E-state index is 11.8. The molecule has 0 fully saturated rings. The molecule has 0 saturated heterocycles. The Balaban J connectivity index is 2.16. The highest BCUT2D eigenvalue weighted by Gasteiger charge is 2.24. The van der Waals surface area contributed by atoms with Crippen LogP contribution in [-0.4, -0.2) is 16.8 Å². The third kappa shape index (κ3) is 4.23. The van der Waals surface area contributed by atoms with E-state index in [2.05, 4.69) is 4.99 Å². The average Bonchev–Trinajstić information content (AvgIpc) is 2.92. The van der Waals surface area contributed by atoms with Gasteiger partial charge in [0, 0.05) is 17.7 Å². The molecule has 23 heavy (non-hydrogen) atoms. The van der Waals surface area contributed by atoms with Crippen molar-refractivity contribution in [1.82, 2.24) is 0 Å². The van der Waals surface area contributed by atoms with Gasteiger partial charge in [-0.15, -0.1) is 0 Å². The number of esters is 1. The van der Waals surface area contributed by atoms with Gasteiger partial charge in [0.1, 0.15) is 5.70 Å². The van der Waals surface area contributed by atoms with Crippen molar-refractivity contribution in [1.29, 1.82) is 0 Å². The van der Waals surface area contributed by atoms with Crippen LogP contribution in [0.3, 0.4) is 0 Å². The van der Waals surface area contributed by atoms with Crippen LogP contribution in [0.2, 0.25) is 0 Å². The number of allylic oxidation sites excluding steroid dienone is 5. The summed E-state index contributed by atoms with van der Waals surface area (Å²) < 4.78 is 5.11. The SMILES string of the molecule is C/C=C\C=C(\C)C/C=C1\N=C(c2ccc([N+](=O)[O-])cc2)OC1=O. The summed E-state index contributed by atoms with van der Waals surface area (Å²) in [5, 5.41) is 10.6. The third-order valence-corrected chi connectivity index (χ3v) is 3.14. The number of benzene rings is 1. The molecule has 0 unspecified atom stereocenters. The molecule has 0 aliphatic carbocycles. The second kappa shape index (κ2) is 7.31. The molecule has 118 valence electrons. The summed E-state index contributed by atoms with van der Waals surface area (Å²) in [6.45, 7) is 3.88. The zero-order valence-electron chi connectivity index (χ0n) is 12.9. The molecule has 0 N–H and O–H groups in total. The molecule has 6 nitrogen and oxygen atoms in total. The van der Waals surface area contributed by atoms with Gasteiger partial charge in [-0.25, -0.2) is 9.79 Å². The molecule has 0 bridgehead atoms. The number of nitrogens with zero attached hydrogens (tertiary/aromatic N) is 2. The maximum atomic E-state index is 11.8. The number of hydrogen-bond donors (Lipinski definition) is 0. The van der Waals surface area contributed by atoms with Crippen molar-refractivity contribution in [2.45, 2.75) is 20.3 Å². The van der Waals surface area contributed by atoms with E-state index >= 15 is 0 Å². The van der Waals surface area contributed by atoms with E-state index in [1.807, 2.05) is 32.1 Å². The molecular formula is C17H16N2O4. The smallest absolute Gasteiger partial charge is 0.363 e. The molecule has 0 atom stereocenters. The van der Waals surface area contributed by atoms with E-state index in [4.69, 9.17) is 4.74 Å².